The first-order valence-corrected chi connectivity index (χ1v) is 33.8. The average molecular weight is 1400 g/mol. The second kappa shape index (κ2) is 44.8. The Kier molecular flexibility index (Phi) is 37.6. The van der Waals surface area contributed by atoms with Crippen molar-refractivity contribution in [3.05, 3.63) is 103 Å². The Morgan fingerprint density at radius 1 is 0.535 bits per heavy atom. The van der Waals surface area contributed by atoms with Crippen LogP contribution in [0, 0.1) is 0 Å². The molecule has 14 N–H and O–H groups in total. The molecule has 4 aliphatic rings. The highest BCUT2D eigenvalue weighted by atomic mass is 16.8. The third-order valence-corrected chi connectivity index (χ3v) is 16.6. The number of allylic oxidation sites excluding steroid dienone is 12. The molecule has 0 bridgehead atoms. The van der Waals surface area contributed by atoms with Gasteiger partial charge < -0.3 is 120 Å². The fourth-order valence-electron chi connectivity index (χ4n) is 11.4. The number of hydrogen-bond acceptors (Lipinski definition) is 24. The predicted octanol–water partition coefficient (Wildman–Crippen LogP) is 0.344. The zero-order valence-electron chi connectivity index (χ0n) is 57.1. The maximum atomic E-state index is 14.5. The maximum absolute atomic E-state index is 14.5. The van der Waals surface area contributed by atoms with Gasteiger partial charge in [0.2, 0.25) is 23.6 Å². The van der Waals surface area contributed by atoms with Crippen LogP contribution in [0.15, 0.2) is 97.2 Å². The number of aliphatic hydroxyl groups is 8. The van der Waals surface area contributed by atoms with Crippen molar-refractivity contribution < 1.29 is 122 Å². The Balaban J connectivity index is 1.23. The molecule has 0 radical (unpaired) electrons. The van der Waals surface area contributed by atoms with Crippen molar-refractivity contribution in [1.29, 1.82) is 0 Å². The minimum Gasteiger partial charge on any atom is -0.492 e. The minimum atomic E-state index is -2.32. The molecule has 1 aromatic carbocycles. The summed E-state index contributed by atoms with van der Waals surface area (Å²) in [6.07, 6.45) is -0.00940. The van der Waals surface area contributed by atoms with Crippen LogP contribution < -0.4 is 31.3 Å². The largest absolute Gasteiger partial charge is 0.492 e. The molecule has 4 aliphatic heterocycles. The Bertz CT molecular complexity index is 2790. The quantitative estimate of drug-likeness (QED) is 0.0311. The molecule has 0 saturated carbocycles. The minimum absolute atomic E-state index is 0.0978. The number of aliphatic carboxylic acids is 1. The standard InChI is InChI=1S/C69H105N5O25/c1-7-9-11-13-14-15-16-17-18-19-20-21-22-23-24-25-26-27-28-30-48(79)70-36-37-92-44-33-31-43(32-34-44)38-45(63(86)71-35-29-12-10-8-2)74-64(87)61-53(82)59(90-5)55(84)68(98-61)96-58-50(73-42(4)78)67(94-47(40-76)52(58)81)97-60-54(83)62(65(88)89)99-69(56(60)85)95-57-49(72-41(3)77)66(91-6)93-46(39-75)51(57)80/h9,11,14-15,17-18,20-21,23-24,26-27,31-34,45-47,49-62,66-69,75-76,80-85H,7-8,10,12-13,16,19,22,25,28-30,35-40H2,1-6H3,(H,70,79)(H,71,86)(H,72,77)(H,73,78)(H,74,87)(H,88,89)/b11-9-,15-14-,18-17-,21-20-,24-23-,27-26-/t45-,46?,47?,49?,50?,51+,52+,53-,54-,55?,56?,57+,58+,59-,60-,61?,62?,66+,67-,68+,69+/m0/s1. The van der Waals surface area contributed by atoms with Crippen molar-refractivity contribution >= 4 is 35.5 Å². The molecule has 30 nitrogen and oxygen atoms in total. The molecule has 99 heavy (non-hydrogen) atoms. The van der Waals surface area contributed by atoms with E-state index in [0.29, 0.717) is 30.6 Å². The number of methoxy groups -OCH3 is 2. The first kappa shape index (κ1) is 83.3. The topological polar surface area (TPSA) is 437 Å². The SMILES string of the molecule is CC/C=C\C/C=C\C/C=C\C/C=C\C/C=C\C/C=C\CCC(=O)NCCOc1ccc(C[C@H](NC(=O)C2O[C@@H](O[C@@H]3C(NC(C)=O)[C@H](O[C@@H]4C(O)[C@H](O[C@@H]5C(NC(C)=O)[C@H](OC)OC(CO)[C@H]5O)OC(C(=O)O)[C@H]4O)OC(CO)[C@H]3O)C(O)[C@@H](OC)[C@@H]2O)C(=O)NCCCCCC)cc1. The zero-order chi connectivity index (χ0) is 72.4. The van der Waals surface area contributed by atoms with Gasteiger partial charge in [-0.05, 0) is 69.1 Å². The van der Waals surface area contributed by atoms with Crippen LogP contribution in [0.3, 0.4) is 0 Å². The molecule has 0 spiro atoms. The van der Waals surface area contributed by atoms with Gasteiger partial charge >= 0.3 is 5.97 Å². The number of carboxylic acids is 1. The van der Waals surface area contributed by atoms with Gasteiger partial charge in [0.25, 0.3) is 5.91 Å². The summed E-state index contributed by atoms with van der Waals surface area (Å²) in [5, 5.41) is 114. The highest BCUT2D eigenvalue weighted by molar-refractivity contribution is 5.90. The number of ether oxygens (including phenoxy) is 10. The third kappa shape index (κ3) is 26.5. The molecular formula is C69H105N5O25. The van der Waals surface area contributed by atoms with Gasteiger partial charge in [-0.1, -0.05) is 118 Å². The number of carbonyl (C=O) groups is 6. The van der Waals surface area contributed by atoms with Gasteiger partial charge in [0, 0.05) is 47.5 Å². The molecule has 0 aromatic heterocycles. The number of amides is 5. The summed E-state index contributed by atoms with van der Waals surface area (Å²) in [4.78, 5) is 79.0. The highest BCUT2D eigenvalue weighted by Gasteiger charge is 2.58. The van der Waals surface area contributed by atoms with E-state index in [-0.39, 0.29) is 32.0 Å². The number of aliphatic hydroxyl groups excluding tert-OH is 8. The van der Waals surface area contributed by atoms with Crippen molar-refractivity contribution in [2.75, 3.05) is 47.1 Å². The molecule has 4 heterocycles. The van der Waals surface area contributed by atoms with Crippen LogP contribution in [0.1, 0.15) is 110 Å². The Morgan fingerprint density at radius 3 is 1.54 bits per heavy atom. The van der Waals surface area contributed by atoms with Gasteiger partial charge in [-0.25, -0.2) is 4.79 Å². The van der Waals surface area contributed by atoms with Crippen molar-refractivity contribution in [3.8, 4) is 5.75 Å². The van der Waals surface area contributed by atoms with E-state index in [1.165, 1.54) is 7.11 Å². The van der Waals surface area contributed by atoms with Crippen LogP contribution in [-0.2, 0) is 77.8 Å². The summed E-state index contributed by atoms with van der Waals surface area (Å²) in [5.41, 5.74) is 0.563. The fraction of sp³-hybridized carbons (Fsp3) is 0.652. The monoisotopic (exact) mass is 1400 g/mol. The summed E-state index contributed by atoms with van der Waals surface area (Å²) in [5.74, 6) is -4.75. The first-order chi connectivity index (χ1) is 47.6. The van der Waals surface area contributed by atoms with Gasteiger partial charge in [0.15, 0.2) is 37.4 Å². The molecule has 21 atom stereocenters. The third-order valence-electron chi connectivity index (χ3n) is 16.6. The molecule has 556 valence electrons. The second-order valence-electron chi connectivity index (χ2n) is 24.2. The zero-order valence-corrected chi connectivity index (χ0v) is 57.1. The Hall–Kier alpha value is -6.40. The van der Waals surface area contributed by atoms with Crippen LogP contribution in [0.25, 0.3) is 0 Å². The van der Waals surface area contributed by atoms with Gasteiger partial charge in [0.05, 0.1) is 19.8 Å². The lowest BCUT2D eigenvalue weighted by Gasteiger charge is -2.50. The molecule has 0 aliphatic carbocycles. The predicted molar refractivity (Wildman–Crippen MR) is 355 cm³/mol. The summed E-state index contributed by atoms with van der Waals surface area (Å²) in [7, 11) is 2.26. The lowest BCUT2D eigenvalue weighted by Crippen LogP contribution is -2.71. The second-order valence-corrected chi connectivity index (χ2v) is 24.2. The molecule has 1 aromatic rings. The van der Waals surface area contributed by atoms with E-state index in [9.17, 15) is 74.7 Å². The molecule has 5 rings (SSSR count). The molecule has 8 unspecified atom stereocenters. The lowest BCUT2D eigenvalue weighted by atomic mass is 9.93. The normalized spacial score (nSPS) is 30.9. The highest BCUT2D eigenvalue weighted by Crippen LogP contribution is 2.36. The average Bonchev–Trinajstić information content (AvgIpc) is 0.773. The van der Waals surface area contributed by atoms with E-state index in [1.54, 1.807) is 24.3 Å². The Morgan fingerprint density at radius 2 is 1.03 bits per heavy atom. The van der Waals surface area contributed by atoms with Crippen LogP contribution >= 0.6 is 0 Å². The van der Waals surface area contributed by atoms with Crippen molar-refractivity contribution in [2.24, 2.45) is 0 Å². The van der Waals surface area contributed by atoms with E-state index in [1.807, 2.05) is 19.1 Å². The summed E-state index contributed by atoms with van der Waals surface area (Å²) < 4.78 is 57.8. The number of nitrogens with one attached hydrogen (secondary N) is 5. The van der Waals surface area contributed by atoms with E-state index < -0.39 is 172 Å². The fourth-order valence-corrected chi connectivity index (χ4v) is 11.4. The molecule has 4 saturated heterocycles. The van der Waals surface area contributed by atoms with Crippen LogP contribution in [0.2, 0.25) is 0 Å². The molecule has 5 amide bonds. The van der Waals surface area contributed by atoms with Crippen LogP contribution in [0.4, 0.5) is 0 Å². The van der Waals surface area contributed by atoms with Crippen LogP contribution in [-0.4, -0.2) is 257 Å². The number of unbranched alkanes of at least 4 members (excludes halogenated alkanes) is 3. The van der Waals surface area contributed by atoms with Crippen molar-refractivity contribution in [2.45, 2.75) is 240 Å². The molecule has 30 heteroatoms. The van der Waals surface area contributed by atoms with E-state index >= 15 is 0 Å². The lowest BCUT2D eigenvalue weighted by molar-refractivity contribution is -0.371. The summed E-state index contributed by atoms with van der Waals surface area (Å²) in [6, 6.07) is 2.12. The number of benzene rings is 1. The number of carbonyl (C=O) groups excluding carboxylic acids is 5. The van der Waals surface area contributed by atoms with E-state index in [2.05, 4.69) is 94.3 Å². The Labute approximate surface area is 577 Å². The van der Waals surface area contributed by atoms with Crippen LogP contribution in [0.5, 0.6) is 5.75 Å². The number of rotatable bonds is 41. The first-order valence-electron chi connectivity index (χ1n) is 33.8. The maximum Gasteiger partial charge on any atom is 0.335 e. The smallest absolute Gasteiger partial charge is 0.335 e. The van der Waals surface area contributed by atoms with E-state index in [4.69, 9.17) is 47.4 Å². The van der Waals surface area contributed by atoms with Gasteiger partial charge in [-0.15, -0.1) is 0 Å². The summed E-state index contributed by atoms with van der Waals surface area (Å²) >= 11 is 0. The van der Waals surface area contributed by atoms with Gasteiger partial charge in [-0.3, -0.25) is 24.0 Å². The van der Waals surface area contributed by atoms with Crippen molar-refractivity contribution in [3.63, 3.8) is 0 Å². The number of carboxylic acid groups (broad SMARTS) is 1. The summed E-state index contributed by atoms with van der Waals surface area (Å²) in [6.45, 7) is 5.10. The van der Waals surface area contributed by atoms with Crippen molar-refractivity contribution in [1.82, 2.24) is 26.6 Å². The van der Waals surface area contributed by atoms with E-state index in [0.717, 1.165) is 78.7 Å². The number of hydrogen-bond donors (Lipinski definition) is 14. The van der Waals surface area contributed by atoms with Gasteiger partial charge in [-0.2, -0.15) is 0 Å². The molecule has 4 fully saturated rings. The van der Waals surface area contributed by atoms with Gasteiger partial charge in [0.1, 0.15) is 104 Å². The molecular weight excluding hydrogens is 1300 g/mol.